The Morgan fingerprint density at radius 2 is 2.47 bits per heavy atom. The molecule has 0 aliphatic heterocycles. The first-order valence-corrected chi connectivity index (χ1v) is 4.48. The number of hydrogen-bond donors (Lipinski definition) is 1. The monoisotopic (exact) mass is 214 g/mol. The van der Waals surface area contributed by atoms with Gasteiger partial charge in [-0.15, -0.1) is 0 Å². The minimum atomic E-state index is -0.514. The van der Waals surface area contributed by atoms with E-state index in [9.17, 15) is 10.1 Å². The van der Waals surface area contributed by atoms with E-state index < -0.39 is 4.92 Å². The highest BCUT2D eigenvalue weighted by Gasteiger charge is 2.19. The summed E-state index contributed by atoms with van der Waals surface area (Å²) in [6.45, 7) is 2.37. The number of anilines is 1. The fraction of sp³-hybridized carbons (Fsp3) is 0.625. The summed E-state index contributed by atoms with van der Waals surface area (Å²) in [7, 11) is 3.28. The number of aromatic nitrogens is 2. The molecule has 0 bridgehead atoms. The predicted octanol–water partition coefficient (Wildman–Crippen LogP) is 0.775. The van der Waals surface area contributed by atoms with E-state index in [2.05, 4.69) is 10.3 Å². The van der Waals surface area contributed by atoms with E-state index in [0.717, 1.165) is 0 Å². The molecular weight excluding hydrogens is 200 g/mol. The highest BCUT2D eigenvalue weighted by molar-refractivity contribution is 5.51. The van der Waals surface area contributed by atoms with Gasteiger partial charge in [0, 0.05) is 20.7 Å². The van der Waals surface area contributed by atoms with Crippen molar-refractivity contribution in [2.75, 3.05) is 19.0 Å². The molecule has 1 aromatic rings. The van der Waals surface area contributed by atoms with Crippen LogP contribution in [0.2, 0.25) is 0 Å². The third-order valence-corrected chi connectivity index (χ3v) is 2.05. The number of hydrogen-bond acceptors (Lipinski definition) is 5. The molecule has 0 radical (unpaired) electrons. The van der Waals surface area contributed by atoms with Crippen LogP contribution in [0.4, 0.5) is 11.6 Å². The maximum atomic E-state index is 10.6. The van der Waals surface area contributed by atoms with Gasteiger partial charge in [0.2, 0.25) is 12.1 Å². The second-order valence-electron chi connectivity index (χ2n) is 3.21. The lowest BCUT2D eigenvalue weighted by Gasteiger charge is -2.11. The second kappa shape index (κ2) is 4.74. The van der Waals surface area contributed by atoms with E-state index in [4.69, 9.17) is 4.74 Å². The molecule has 7 nitrogen and oxygen atoms in total. The topological polar surface area (TPSA) is 82.2 Å². The number of ether oxygens (including phenoxy) is 1. The smallest absolute Gasteiger partial charge is 0.380 e. The van der Waals surface area contributed by atoms with Crippen LogP contribution in [0.25, 0.3) is 0 Å². The van der Waals surface area contributed by atoms with Crippen molar-refractivity contribution in [2.24, 2.45) is 7.05 Å². The summed E-state index contributed by atoms with van der Waals surface area (Å²) < 4.78 is 6.60. The molecule has 1 N–H and O–H groups in total. The van der Waals surface area contributed by atoms with Crippen molar-refractivity contribution < 1.29 is 9.66 Å². The highest BCUT2D eigenvalue weighted by Crippen LogP contribution is 2.20. The van der Waals surface area contributed by atoms with Gasteiger partial charge in [-0.25, -0.2) is 0 Å². The Kier molecular flexibility index (Phi) is 3.62. The number of methoxy groups -OCH3 is 1. The number of nitrogens with one attached hydrogen (secondary N) is 1. The van der Waals surface area contributed by atoms with E-state index in [-0.39, 0.29) is 11.9 Å². The zero-order chi connectivity index (χ0) is 11.4. The standard InChI is InChI=1S/C8H14N4O3/c1-6(15-3)4-9-7-8(12(13)14)10-5-11(7)2/h5-6,9H,4H2,1-3H3. The minimum Gasteiger partial charge on any atom is -0.380 e. The summed E-state index contributed by atoms with van der Waals surface area (Å²) in [4.78, 5) is 13.8. The fourth-order valence-corrected chi connectivity index (χ4v) is 1.08. The van der Waals surface area contributed by atoms with E-state index in [1.54, 1.807) is 18.7 Å². The zero-order valence-corrected chi connectivity index (χ0v) is 8.93. The molecule has 1 unspecified atom stereocenters. The maximum absolute atomic E-state index is 10.6. The minimum absolute atomic E-state index is 0.0143. The van der Waals surface area contributed by atoms with Crippen LogP contribution in [0.1, 0.15) is 6.92 Å². The first-order valence-electron chi connectivity index (χ1n) is 4.48. The lowest BCUT2D eigenvalue weighted by Crippen LogP contribution is -2.19. The van der Waals surface area contributed by atoms with Crippen molar-refractivity contribution in [3.63, 3.8) is 0 Å². The van der Waals surface area contributed by atoms with Crippen LogP contribution in [-0.2, 0) is 11.8 Å². The molecule has 1 atom stereocenters. The summed E-state index contributed by atoms with van der Waals surface area (Å²) >= 11 is 0. The quantitative estimate of drug-likeness (QED) is 0.578. The van der Waals surface area contributed by atoms with Gasteiger partial charge in [0.05, 0.1) is 6.10 Å². The molecule has 0 spiro atoms. The Hall–Kier alpha value is -1.63. The Bertz CT molecular complexity index is 350. The number of rotatable bonds is 5. The molecule has 1 heterocycles. The molecule has 0 amide bonds. The van der Waals surface area contributed by atoms with Crippen LogP contribution < -0.4 is 5.32 Å². The number of imidazole rings is 1. The third kappa shape index (κ3) is 2.66. The van der Waals surface area contributed by atoms with Crippen molar-refractivity contribution in [1.82, 2.24) is 9.55 Å². The van der Waals surface area contributed by atoms with Gasteiger partial charge in [-0.05, 0) is 16.8 Å². The second-order valence-corrected chi connectivity index (χ2v) is 3.21. The molecule has 0 aliphatic rings. The summed E-state index contributed by atoms with van der Waals surface area (Å²) in [6, 6.07) is 0. The van der Waals surface area contributed by atoms with Gasteiger partial charge in [0.25, 0.3) is 0 Å². The lowest BCUT2D eigenvalue weighted by atomic mass is 10.4. The Balaban J connectivity index is 2.75. The number of nitro groups is 1. The Morgan fingerprint density at radius 1 is 1.80 bits per heavy atom. The summed E-state index contributed by atoms with van der Waals surface area (Å²) in [5.74, 6) is 0.227. The van der Waals surface area contributed by atoms with Gasteiger partial charge >= 0.3 is 5.82 Å². The molecule has 0 saturated heterocycles. The summed E-state index contributed by atoms with van der Waals surface area (Å²) in [5, 5.41) is 13.5. The molecule has 15 heavy (non-hydrogen) atoms. The molecular formula is C8H14N4O3. The van der Waals surface area contributed by atoms with Crippen molar-refractivity contribution in [3.8, 4) is 0 Å². The van der Waals surface area contributed by atoms with Crippen LogP contribution in [0.15, 0.2) is 6.33 Å². The normalized spacial score (nSPS) is 12.5. The predicted molar refractivity (Wildman–Crippen MR) is 54.8 cm³/mol. The summed E-state index contributed by atoms with van der Waals surface area (Å²) in [5.41, 5.74) is 0. The van der Waals surface area contributed by atoms with Crippen molar-refractivity contribution in [1.29, 1.82) is 0 Å². The highest BCUT2D eigenvalue weighted by atomic mass is 16.6. The van der Waals surface area contributed by atoms with E-state index in [0.29, 0.717) is 12.4 Å². The molecule has 0 aliphatic carbocycles. The fourth-order valence-electron chi connectivity index (χ4n) is 1.08. The van der Waals surface area contributed by atoms with Crippen molar-refractivity contribution in [3.05, 3.63) is 16.4 Å². The zero-order valence-electron chi connectivity index (χ0n) is 8.93. The van der Waals surface area contributed by atoms with Crippen LogP contribution >= 0.6 is 0 Å². The SMILES string of the molecule is COC(C)CNc1c([N+](=O)[O-])ncn1C. The molecule has 7 heteroatoms. The number of nitrogens with zero attached hydrogens (tertiary/aromatic N) is 3. The first kappa shape index (κ1) is 11.4. The van der Waals surface area contributed by atoms with Crippen molar-refractivity contribution >= 4 is 11.6 Å². The van der Waals surface area contributed by atoms with Gasteiger partial charge in [0.1, 0.15) is 0 Å². The third-order valence-electron chi connectivity index (χ3n) is 2.05. The van der Waals surface area contributed by atoms with Gasteiger partial charge in [-0.1, -0.05) is 0 Å². The number of aryl methyl sites for hydroxylation is 1. The van der Waals surface area contributed by atoms with Gasteiger partial charge in [-0.2, -0.15) is 0 Å². The Labute approximate surface area is 87.2 Å². The molecule has 0 saturated carbocycles. The van der Waals surface area contributed by atoms with Crippen molar-refractivity contribution in [2.45, 2.75) is 13.0 Å². The average molecular weight is 214 g/mol. The van der Waals surface area contributed by atoms with Crippen LogP contribution in [0, 0.1) is 10.1 Å². The molecule has 1 rings (SSSR count). The molecule has 0 fully saturated rings. The average Bonchev–Trinajstić information content (AvgIpc) is 2.56. The van der Waals surface area contributed by atoms with E-state index in [1.165, 1.54) is 6.33 Å². The van der Waals surface area contributed by atoms with Crippen LogP contribution in [0.3, 0.4) is 0 Å². The molecule has 1 aromatic heterocycles. The summed E-state index contributed by atoms with van der Waals surface area (Å²) in [6.07, 6.45) is 1.39. The van der Waals surface area contributed by atoms with E-state index in [1.807, 2.05) is 6.92 Å². The van der Waals surface area contributed by atoms with Crippen LogP contribution in [-0.4, -0.2) is 34.2 Å². The Morgan fingerprint density at radius 3 is 3.00 bits per heavy atom. The largest absolute Gasteiger partial charge is 0.406 e. The van der Waals surface area contributed by atoms with Gasteiger partial charge < -0.3 is 20.2 Å². The molecule has 84 valence electrons. The van der Waals surface area contributed by atoms with E-state index >= 15 is 0 Å². The maximum Gasteiger partial charge on any atom is 0.406 e. The van der Waals surface area contributed by atoms with Crippen LogP contribution in [0.5, 0.6) is 0 Å². The lowest BCUT2D eigenvalue weighted by molar-refractivity contribution is -0.388. The molecule has 0 aromatic carbocycles. The van der Waals surface area contributed by atoms with Gasteiger partial charge in [-0.3, -0.25) is 4.57 Å². The first-order chi connectivity index (χ1) is 7.06. The van der Waals surface area contributed by atoms with Gasteiger partial charge in [0.15, 0.2) is 0 Å².